The van der Waals surface area contributed by atoms with Gasteiger partial charge in [-0.1, -0.05) is 36.4 Å². The number of likely N-dealkylation sites (tertiary alicyclic amines) is 1. The highest BCUT2D eigenvalue weighted by Crippen LogP contribution is 2.29. The van der Waals surface area contributed by atoms with E-state index in [0.29, 0.717) is 17.7 Å². The summed E-state index contributed by atoms with van der Waals surface area (Å²) in [5, 5.41) is 10.4. The van der Waals surface area contributed by atoms with Crippen LogP contribution in [0.1, 0.15) is 30.2 Å². The lowest BCUT2D eigenvalue weighted by atomic mass is 9.89. The fraction of sp³-hybridized carbons (Fsp3) is 0.333. The first kappa shape index (κ1) is 14.6. The van der Waals surface area contributed by atoms with Crippen LogP contribution < -0.4 is 0 Å². The summed E-state index contributed by atoms with van der Waals surface area (Å²) in [4.78, 5) is 3.44. The number of rotatable bonds is 4. The summed E-state index contributed by atoms with van der Waals surface area (Å²) in [5.74, 6) is 2.03. The molecular weight excluding hydrogens is 306 g/mol. The second-order valence-electron chi connectivity index (χ2n) is 5.94. The number of piperidine rings is 1. The molecule has 0 N–H and O–H groups in total. The Hall–Kier alpha value is -1.98. The predicted molar refractivity (Wildman–Crippen MR) is 91.3 cm³/mol. The Kier molecular flexibility index (Phi) is 4.22. The Morgan fingerprint density at radius 2 is 1.87 bits per heavy atom. The first-order chi connectivity index (χ1) is 11.4. The molecule has 0 atom stereocenters. The van der Waals surface area contributed by atoms with Gasteiger partial charge in [-0.2, -0.15) is 0 Å². The molecule has 3 heterocycles. The van der Waals surface area contributed by atoms with Gasteiger partial charge in [0.2, 0.25) is 5.89 Å². The summed E-state index contributed by atoms with van der Waals surface area (Å²) < 4.78 is 5.79. The van der Waals surface area contributed by atoms with Gasteiger partial charge in [0.15, 0.2) is 0 Å². The molecule has 0 spiro atoms. The third kappa shape index (κ3) is 3.35. The Morgan fingerprint density at radius 1 is 1.04 bits per heavy atom. The summed E-state index contributed by atoms with van der Waals surface area (Å²) in [6.07, 6.45) is 2.38. The normalized spacial score (nSPS) is 16.7. The zero-order valence-electron chi connectivity index (χ0n) is 12.9. The lowest BCUT2D eigenvalue weighted by molar-refractivity contribution is 0.188. The molecule has 1 fully saturated rings. The summed E-state index contributed by atoms with van der Waals surface area (Å²) in [5.41, 5.74) is 1.46. The van der Waals surface area contributed by atoms with Gasteiger partial charge in [-0.25, -0.2) is 0 Å². The quantitative estimate of drug-likeness (QED) is 0.722. The molecule has 1 aliphatic heterocycles. The summed E-state index contributed by atoms with van der Waals surface area (Å²) in [7, 11) is 0. The zero-order chi connectivity index (χ0) is 15.5. The summed E-state index contributed by atoms with van der Waals surface area (Å²) in [6, 6.07) is 14.8. The molecule has 5 heteroatoms. The van der Waals surface area contributed by atoms with Gasteiger partial charge in [0.05, 0.1) is 11.4 Å². The summed E-state index contributed by atoms with van der Waals surface area (Å²) >= 11 is 1.62. The molecule has 4 nitrogen and oxygen atoms in total. The van der Waals surface area contributed by atoms with Crippen LogP contribution >= 0.6 is 11.3 Å². The molecule has 118 valence electrons. The molecule has 1 saturated heterocycles. The van der Waals surface area contributed by atoms with Crippen LogP contribution in [0.5, 0.6) is 0 Å². The molecule has 0 bridgehead atoms. The average molecular weight is 325 g/mol. The minimum absolute atomic E-state index is 0.633. The molecule has 0 unspecified atom stereocenters. The van der Waals surface area contributed by atoms with Crippen molar-refractivity contribution < 1.29 is 4.42 Å². The molecule has 0 amide bonds. The maximum absolute atomic E-state index is 5.79. The van der Waals surface area contributed by atoms with E-state index >= 15 is 0 Å². The van der Waals surface area contributed by atoms with Gasteiger partial charge in [-0.3, -0.25) is 4.90 Å². The first-order valence-electron chi connectivity index (χ1n) is 8.02. The van der Waals surface area contributed by atoms with Crippen molar-refractivity contribution >= 4 is 11.3 Å². The van der Waals surface area contributed by atoms with E-state index in [1.165, 1.54) is 18.4 Å². The molecule has 1 aliphatic rings. The van der Waals surface area contributed by atoms with Gasteiger partial charge in [0.1, 0.15) is 0 Å². The Labute approximate surface area is 139 Å². The first-order valence-corrected chi connectivity index (χ1v) is 8.90. The van der Waals surface area contributed by atoms with Crippen LogP contribution in [0.15, 0.2) is 52.3 Å². The minimum atomic E-state index is 0.633. The molecule has 0 aliphatic carbocycles. The van der Waals surface area contributed by atoms with Gasteiger partial charge in [-0.05, 0) is 48.9 Å². The van der Waals surface area contributed by atoms with Crippen LogP contribution in [0.3, 0.4) is 0 Å². The average Bonchev–Trinajstić information content (AvgIpc) is 3.28. The maximum Gasteiger partial charge on any atom is 0.257 e. The van der Waals surface area contributed by atoms with Crippen molar-refractivity contribution in [2.45, 2.75) is 25.3 Å². The van der Waals surface area contributed by atoms with E-state index in [-0.39, 0.29) is 0 Å². The monoisotopic (exact) mass is 325 g/mol. The lowest BCUT2D eigenvalue weighted by Crippen LogP contribution is -2.32. The third-order valence-corrected chi connectivity index (χ3v) is 5.27. The molecule has 4 rings (SSSR count). The van der Waals surface area contributed by atoms with Crippen molar-refractivity contribution in [2.75, 3.05) is 13.1 Å². The zero-order valence-corrected chi connectivity index (χ0v) is 13.7. The van der Waals surface area contributed by atoms with Crippen molar-refractivity contribution in [3.8, 4) is 10.8 Å². The lowest BCUT2D eigenvalue weighted by Gasteiger charge is -2.31. The van der Waals surface area contributed by atoms with Crippen molar-refractivity contribution in [3.05, 3.63) is 59.3 Å². The van der Waals surface area contributed by atoms with E-state index in [0.717, 1.165) is 24.5 Å². The molecule has 2 aromatic heterocycles. The van der Waals surface area contributed by atoms with Gasteiger partial charge in [-0.15, -0.1) is 21.5 Å². The largest absolute Gasteiger partial charge is 0.419 e. The molecule has 23 heavy (non-hydrogen) atoms. The Bertz CT molecular complexity index is 731. The molecule has 0 radical (unpaired) electrons. The minimum Gasteiger partial charge on any atom is -0.419 e. The van der Waals surface area contributed by atoms with Crippen LogP contribution in [0.2, 0.25) is 0 Å². The van der Waals surface area contributed by atoms with Crippen molar-refractivity contribution in [1.29, 1.82) is 0 Å². The SMILES string of the molecule is c1ccc(C2CCN(Cc3nnc(-c4cccs4)o3)CC2)cc1. The fourth-order valence-electron chi connectivity index (χ4n) is 3.16. The fourth-order valence-corrected chi connectivity index (χ4v) is 3.80. The van der Waals surface area contributed by atoms with Crippen LogP contribution in [-0.2, 0) is 6.54 Å². The highest BCUT2D eigenvalue weighted by atomic mass is 32.1. The summed E-state index contributed by atoms with van der Waals surface area (Å²) in [6.45, 7) is 2.91. The standard InChI is InChI=1S/C18H19N3OS/c1-2-5-14(6-3-1)15-8-10-21(11-9-15)13-17-19-20-18(22-17)16-7-4-12-23-16/h1-7,12,15H,8-11,13H2. The predicted octanol–water partition coefficient (Wildman–Crippen LogP) is 4.18. The topological polar surface area (TPSA) is 42.2 Å². The second-order valence-corrected chi connectivity index (χ2v) is 6.89. The number of nitrogens with zero attached hydrogens (tertiary/aromatic N) is 3. The van der Waals surface area contributed by atoms with Crippen molar-refractivity contribution in [3.63, 3.8) is 0 Å². The molecule has 3 aromatic rings. The van der Waals surface area contributed by atoms with Crippen molar-refractivity contribution in [1.82, 2.24) is 15.1 Å². The van der Waals surface area contributed by atoms with Crippen LogP contribution in [-0.4, -0.2) is 28.2 Å². The van der Waals surface area contributed by atoms with Gasteiger partial charge < -0.3 is 4.42 Å². The third-order valence-electron chi connectivity index (χ3n) is 4.42. The molecule has 0 saturated carbocycles. The van der Waals surface area contributed by atoms with E-state index < -0.39 is 0 Å². The van der Waals surface area contributed by atoms with E-state index in [4.69, 9.17) is 4.42 Å². The van der Waals surface area contributed by atoms with Crippen LogP contribution in [0, 0.1) is 0 Å². The highest BCUT2D eigenvalue weighted by Gasteiger charge is 2.22. The van der Waals surface area contributed by atoms with Gasteiger partial charge in [0.25, 0.3) is 5.89 Å². The number of thiophene rings is 1. The Morgan fingerprint density at radius 3 is 2.61 bits per heavy atom. The number of aromatic nitrogens is 2. The highest BCUT2D eigenvalue weighted by molar-refractivity contribution is 7.13. The second kappa shape index (κ2) is 6.64. The van der Waals surface area contributed by atoms with E-state index in [1.54, 1.807) is 11.3 Å². The number of benzene rings is 1. The Balaban J connectivity index is 1.35. The van der Waals surface area contributed by atoms with Crippen LogP contribution in [0.25, 0.3) is 10.8 Å². The van der Waals surface area contributed by atoms with E-state index in [2.05, 4.69) is 45.4 Å². The molecular formula is C18H19N3OS. The van der Waals surface area contributed by atoms with Gasteiger partial charge in [0, 0.05) is 0 Å². The van der Waals surface area contributed by atoms with Crippen molar-refractivity contribution in [2.24, 2.45) is 0 Å². The van der Waals surface area contributed by atoms with Crippen LogP contribution in [0.4, 0.5) is 0 Å². The smallest absolute Gasteiger partial charge is 0.257 e. The van der Waals surface area contributed by atoms with Gasteiger partial charge >= 0.3 is 0 Å². The maximum atomic E-state index is 5.79. The van der Waals surface area contributed by atoms with E-state index in [1.807, 2.05) is 17.5 Å². The number of hydrogen-bond acceptors (Lipinski definition) is 5. The number of hydrogen-bond donors (Lipinski definition) is 0. The van der Waals surface area contributed by atoms with E-state index in [9.17, 15) is 0 Å². The molecule has 1 aromatic carbocycles.